The Kier molecular flexibility index (Phi) is 3.77. The molecular weight excluding hydrogens is 236 g/mol. The number of carbonyl (C=O) groups excluding carboxylic acids is 1. The highest BCUT2D eigenvalue weighted by Gasteiger charge is 2.14. The summed E-state index contributed by atoms with van der Waals surface area (Å²) in [7, 11) is 0. The molecule has 2 nitrogen and oxygen atoms in total. The normalized spacial score (nSPS) is 10.3. The van der Waals surface area contributed by atoms with Crippen LogP contribution in [-0.2, 0) is 6.42 Å². The molecule has 1 aromatic carbocycles. The van der Waals surface area contributed by atoms with Gasteiger partial charge < -0.3 is 0 Å². The predicted octanol–water partition coefficient (Wildman–Crippen LogP) is 3.18. The second-order valence-corrected chi connectivity index (χ2v) is 3.88. The maximum Gasteiger partial charge on any atom is 0.169 e. The average molecular weight is 247 g/mol. The first-order valence-corrected chi connectivity index (χ1v) is 5.54. The number of halogens is 2. The second-order valence-electron chi connectivity index (χ2n) is 3.88. The third-order valence-corrected chi connectivity index (χ3v) is 2.64. The van der Waals surface area contributed by atoms with E-state index in [4.69, 9.17) is 0 Å². The number of hydrogen-bond acceptors (Lipinski definition) is 2. The molecule has 0 fully saturated rings. The highest BCUT2D eigenvalue weighted by atomic mass is 19.2. The molecule has 2 rings (SSSR count). The van der Waals surface area contributed by atoms with Crippen molar-refractivity contribution in [3.05, 3.63) is 65.5 Å². The molecule has 0 radical (unpaired) electrons. The zero-order valence-electron chi connectivity index (χ0n) is 9.57. The standard InChI is InChI=1S/C14H11F2NO/c15-12-3-1-2-11(14(12)16)13(18)5-4-10-6-8-17-9-7-10/h1-3,6-9H,4-5H2. The molecule has 0 bridgehead atoms. The molecule has 0 aliphatic carbocycles. The van der Waals surface area contributed by atoms with Gasteiger partial charge in [-0.2, -0.15) is 0 Å². The lowest BCUT2D eigenvalue weighted by molar-refractivity contribution is 0.0978. The Labute approximate surface area is 103 Å². The number of hydrogen-bond donors (Lipinski definition) is 0. The number of aryl methyl sites for hydroxylation is 1. The number of carbonyl (C=O) groups is 1. The molecule has 0 saturated carbocycles. The van der Waals surface area contributed by atoms with E-state index in [1.54, 1.807) is 24.5 Å². The molecule has 0 atom stereocenters. The van der Waals surface area contributed by atoms with Crippen LogP contribution in [0.4, 0.5) is 8.78 Å². The Morgan fingerprint density at radius 1 is 1.11 bits per heavy atom. The van der Waals surface area contributed by atoms with Crippen molar-refractivity contribution in [1.29, 1.82) is 0 Å². The molecule has 0 aliphatic heterocycles. The first-order chi connectivity index (χ1) is 8.68. The number of rotatable bonds is 4. The number of benzene rings is 1. The summed E-state index contributed by atoms with van der Waals surface area (Å²) in [5.74, 6) is -2.47. The summed E-state index contributed by atoms with van der Waals surface area (Å²) in [4.78, 5) is 15.6. The average Bonchev–Trinajstić information content (AvgIpc) is 2.40. The van der Waals surface area contributed by atoms with Gasteiger partial charge in [-0.3, -0.25) is 9.78 Å². The highest BCUT2D eigenvalue weighted by Crippen LogP contribution is 2.14. The minimum atomic E-state index is -1.07. The van der Waals surface area contributed by atoms with Crippen LogP contribution in [0.1, 0.15) is 22.3 Å². The Balaban J connectivity index is 2.07. The molecule has 0 spiro atoms. The largest absolute Gasteiger partial charge is 0.294 e. The quantitative estimate of drug-likeness (QED) is 0.777. The van der Waals surface area contributed by atoms with E-state index in [-0.39, 0.29) is 12.0 Å². The smallest absolute Gasteiger partial charge is 0.169 e. The fraction of sp³-hybridized carbons (Fsp3) is 0.143. The predicted molar refractivity (Wildman–Crippen MR) is 63.2 cm³/mol. The van der Waals surface area contributed by atoms with Crippen LogP contribution in [-0.4, -0.2) is 10.8 Å². The van der Waals surface area contributed by atoms with Crippen molar-refractivity contribution in [2.45, 2.75) is 12.8 Å². The lowest BCUT2D eigenvalue weighted by atomic mass is 10.0. The number of ketones is 1. The van der Waals surface area contributed by atoms with Gasteiger partial charge in [0.25, 0.3) is 0 Å². The lowest BCUT2D eigenvalue weighted by Gasteiger charge is -2.03. The van der Waals surface area contributed by atoms with Gasteiger partial charge in [0.1, 0.15) is 0 Å². The van der Waals surface area contributed by atoms with Gasteiger partial charge in [0, 0.05) is 18.8 Å². The third kappa shape index (κ3) is 2.77. The minimum Gasteiger partial charge on any atom is -0.294 e. The molecular formula is C14H11F2NO. The van der Waals surface area contributed by atoms with Crippen molar-refractivity contribution < 1.29 is 13.6 Å². The third-order valence-electron chi connectivity index (χ3n) is 2.64. The molecule has 2 aromatic rings. The van der Waals surface area contributed by atoms with Gasteiger partial charge in [-0.1, -0.05) is 6.07 Å². The van der Waals surface area contributed by atoms with Crippen molar-refractivity contribution in [2.24, 2.45) is 0 Å². The molecule has 92 valence electrons. The monoisotopic (exact) mass is 247 g/mol. The fourth-order valence-corrected chi connectivity index (χ4v) is 1.66. The summed E-state index contributed by atoms with van der Waals surface area (Å²) in [5, 5.41) is 0. The van der Waals surface area contributed by atoms with E-state index in [0.29, 0.717) is 6.42 Å². The van der Waals surface area contributed by atoms with Crippen LogP contribution in [0, 0.1) is 11.6 Å². The molecule has 18 heavy (non-hydrogen) atoms. The van der Waals surface area contributed by atoms with Crippen LogP contribution >= 0.6 is 0 Å². The summed E-state index contributed by atoms with van der Waals surface area (Å²) < 4.78 is 26.3. The van der Waals surface area contributed by atoms with Gasteiger partial charge in [0.05, 0.1) is 5.56 Å². The van der Waals surface area contributed by atoms with Gasteiger partial charge in [-0.25, -0.2) is 8.78 Å². The van der Waals surface area contributed by atoms with Gasteiger partial charge in [-0.15, -0.1) is 0 Å². The van der Waals surface area contributed by atoms with Crippen LogP contribution < -0.4 is 0 Å². The highest BCUT2D eigenvalue weighted by molar-refractivity contribution is 5.96. The van der Waals surface area contributed by atoms with E-state index < -0.39 is 17.4 Å². The van der Waals surface area contributed by atoms with Gasteiger partial charge in [0.15, 0.2) is 17.4 Å². The van der Waals surface area contributed by atoms with Crippen LogP contribution in [0.3, 0.4) is 0 Å². The van der Waals surface area contributed by atoms with E-state index in [9.17, 15) is 13.6 Å². The van der Waals surface area contributed by atoms with Crippen molar-refractivity contribution in [3.8, 4) is 0 Å². The van der Waals surface area contributed by atoms with Crippen molar-refractivity contribution >= 4 is 5.78 Å². The van der Waals surface area contributed by atoms with E-state index in [0.717, 1.165) is 11.6 Å². The topological polar surface area (TPSA) is 30.0 Å². The summed E-state index contributed by atoms with van der Waals surface area (Å²) in [5.41, 5.74) is 0.749. The fourth-order valence-electron chi connectivity index (χ4n) is 1.66. The van der Waals surface area contributed by atoms with Crippen molar-refractivity contribution in [3.63, 3.8) is 0 Å². The molecule has 4 heteroatoms. The Bertz CT molecular complexity index is 555. The summed E-state index contributed by atoms with van der Waals surface area (Å²) in [6, 6.07) is 7.20. The maximum atomic E-state index is 13.4. The number of aromatic nitrogens is 1. The van der Waals surface area contributed by atoms with E-state index >= 15 is 0 Å². The number of pyridine rings is 1. The summed E-state index contributed by atoms with van der Waals surface area (Å²) in [6.45, 7) is 0. The summed E-state index contributed by atoms with van der Waals surface area (Å²) in [6.07, 6.45) is 3.88. The van der Waals surface area contributed by atoms with E-state index in [2.05, 4.69) is 4.98 Å². The van der Waals surface area contributed by atoms with Gasteiger partial charge >= 0.3 is 0 Å². The second kappa shape index (κ2) is 5.49. The first-order valence-electron chi connectivity index (χ1n) is 5.54. The van der Waals surface area contributed by atoms with Crippen molar-refractivity contribution in [2.75, 3.05) is 0 Å². The Hall–Kier alpha value is -2.10. The van der Waals surface area contributed by atoms with E-state index in [1.165, 1.54) is 12.1 Å². The minimum absolute atomic E-state index is 0.143. The van der Waals surface area contributed by atoms with Crippen LogP contribution in [0.5, 0.6) is 0 Å². The molecule has 0 saturated heterocycles. The molecule has 1 heterocycles. The van der Waals surface area contributed by atoms with Gasteiger partial charge in [-0.05, 0) is 36.2 Å². The molecule has 0 amide bonds. The van der Waals surface area contributed by atoms with E-state index in [1.807, 2.05) is 0 Å². The maximum absolute atomic E-state index is 13.4. The molecule has 0 N–H and O–H groups in total. The zero-order chi connectivity index (χ0) is 13.0. The molecule has 1 aromatic heterocycles. The molecule has 0 aliphatic rings. The molecule has 0 unspecified atom stereocenters. The number of nitrogens with zero attached hydrogens (tertiary/aromatic N) is 1. The Morgan fingerprint density at radius 2 is 1.83 bits per heavy atom. The zero-order valence-corrected chi connectivity index (χ0v) is 9.57. The first kappa shape index (κ1) is 12.4. The SMILES string of the molecule is O=C(CCc1ccncc1)c1cccc(F)c1F. The summed E-state index contributed by atoms with van der Waals surface area (Å²) >= 11 is 0. The Morgan fingerprint density at radius 3 is 2.56 bits per heavy atom. The number of Topliss-reactive ketones (excluding diaryl/α,β-unsaturated/α-hetero) is 1. The lowest BCUT2D eigenvalue weighted by Crippen LogP contribution is -2.05. The van der Waals surface area contributed by atoms with Gasteiger partial charge in [0.2, 0.25) is 0 Å². The van der Waals surface area contributed by atoms with Crippen LogP contribution in [0.25, 0.3) is 0 Å². The van der Waals surface area contributed by atoms with Crippen molar-refractivity contribution in [1.82, 2.24) is 4.98 Å². The van der Waals surface area contributed by atoms with Crippen LogP contribution in [0.2, 0.25) is 0 Å². The van der Waals surface area contributed by atoms with Crippen LogP contribution in [0.15, 0.2) is 42.7 Å².